The molecule has 0 aliphatic carbocycles. The maximum absolute atomic E-state index is 11.3. The largest absolute Gasteiger partial charge is 0.486 e. The van der Waals surface area contributed by atoms with Crippen LogP contribution in [0.1, 0.15) is 12.1 Å². The first-order chi connectivity index (χ1) is 11.6. The summed E-state index contributed by atoms with van der Waals surface area (Å²) in [6.07, 6.45) is -1.05. The number of hydrogen-bond acceptors (Lipinski definition) is 5. The van der Waals surface area contributed by atoms with Gasteiger partial charge in [-0.25, -0.2) is 4.79 Å². The number of rotatable bonds is 5. The Labute approximate surface area is 139 Å². The van der Waals surface area contributed by atoms with Crippen LogP contribution >= 0.6 is 0 Å². The second-order valence-corrected chi connectivity index (χ2v) is 5.77. The van der Waals surface area contributed by atoms with Crippen LogP contribution in [0.4, 0.5) is 4.79 Å². The van der Waals surface area contributed by atoms with Crippen LogP contribution in [0.3, 0.4) is 0 Å². The molecule has 1 aromatic heterocycles. The van der Waals surface area contributed by atoms with Crippen LogP contribution in [0.5, 0.6) is 11.5 Å². The van der Waals surface area contributed by atoms with Gasteiger partial charge >= 0.3 is 6.09 Å². The van der Waals surface area contributed by atoms with E-state index in [9.17, 15) is 9.90 Å². The lowest BCUT2D eigenvalue weighted by Gasteiger charge is -2.30. The molecule has 24 heavy (non-hydrogen) atoms. The molecule has 1 aliphatic heterocycles. The summed E-state index contributed by atoms with van der Waals surface area (Å²) in [6, 6.07) is 7.54. The summed E-state index contributed by atoms with van der Waals surface area (Å²) in [5.41, 5.74) is 1.73. The second kappa shape index (κ2) is 6.92. The van der Waals surface area contributed by atoms with Crippen molar-refractivity contribution in [2.24, 2.45) is 0 Å². The fourth-order valence-corrected chi connectivity index (χ4v) is 2.74. The lowest BCUT2D eigenvalue weighted by atomic mass is 10.1. The van der Waals surface area contributed by atoms with Gasteiger partial charge in [0, 0.05) is 24.2 Å². The fourth-order valence-electron chi connectivity index (χ4n) is 2.74. The summed E-state index contributed by atoms with van der Waals surface area (Å²) in [4.78, 5) is 17.0. The fraction of sp³-hybridized carbons (Fsp3) is 0.412. The minimum atomic E-state index is -1.03. The molecule has 128 valence electrons. The zero-order valence-electron chi connectivity index (χ0n) is 13.4. The Bertz CT molecular complexity index is 749. The molecule has 0 radical (unpaired) electrons. The predicted octanol–water partition coefficient (Wildman–Crippen LogP) is 2.05. The topological polar surface area (TPSA) is 92.1 Å². The van der Waals surface area contributed by atoms with Crippen LogP contribution in [0, 0.1) is 6.92 Å². The van der Waals surface area contributed by atoms with E-state index in [1.54, 1.807) is 0 Å². The molecule has 2 N–H and O–H groups in total. The maximum atomic E-state index is 11.3. The van der Waals surface area contributed by atoms with Crippen LogP contribution in [-0.2, 0) is 0 Å². The molecule has 2 heterocycles. The number of hydrogen-bond donors (Lipinski definition) is 2. The van der Waals surface area contributed by atoms with Crippen LogP contribution in [0.25, 0.3) is 10.9 Å². The van der Waals surface area contributed by atoms with Crippen LogP contribution in [0.2, 0.25) is 0 Å². The van der Waals surface area contributed by atoms with E-state index < -0.39 is 12.2 Å². The van der Waals surface area contributed by atoms with Crippen molar-refractivity contribution >= 4 is 17.0 Å². The Kier molecular flexibility index (Phi) is 4.71. The van der Waals surface area contributed by atoms with E-state index in [0.29, 0.717) is 17.9 Å². The van der Waals surface area contributed by atoms with Crippen LogP contribution in [0.15, 0.2) is 24.3 Å². The van der Waals surface area contributed by atoms with Crippen molar-refractivity contribution in [1.82, 2.24) is 9.88 Å². The molecular weight excluding hydrogens is 312 g/mol. The molecule has 0 unspecified atom stereocenters. The van der Waals surface area contributed by atoms with Gasteiger partial charge in [0.05, 0.1) is 12.1 Å². The smallest absolute Gasteiger partial charge is 0.407 e. The first kappa shape index (κ1) is 16.3. The lowest BCUT2D eigenvalue weighted by molar-refractivity contribution is 0.0571. The number of carboxylic acid groups (broad SMARTS) is 1. The van der Waals surface area contributed by atoms with Crippen molar-refractivity contribution in [3.63, 3.8) is 0 Å². The van der Waals surface area contributed by atoms with Crippen molar-refractivity contribution in [1.29, 1.82) is 0 Å². The molecule has 1 aromatic carbocycles. The summed E-state index contributed by atoms with van der Waals surface area (Å²) < 4.78 is 11.8. The number of aryl methyl sites for hydroxylation is 1. The van der Waals surface area contributed by atoms with Gasteiger partial charge in [-0.2, -0.15) is 0 Å². The SMILES string of the molecule is Cc1ccc2c3c(ccc2n1)OC[C@H](CN(CCCO)C(=O)O)O3. The molecule has 3 rings (SSSR count). The first-order valence-electron chi connectivity index (χ1n) is 7.87. The average molecular weight is 332 g/mol. The Balaban J connectivity index is 1.81. The van der Waals surface area contributed by atoms with Gasteiger partial charge in [0.1, 0.15) is 6.61 Å². The molecule has 1 atom stereocenters. The van der Waals surface area contributed by atoms with E-state index in [2.05, 4.69) is 4.98 Å². The summed E-state index contributed by atoms with van der Waals surface area (Å²) in [6.45, 7) is 2.59. The Morgan fingerprint density at radius 1 is 1.38 bits per heavy atom. The van der Waals surface area contributed by atoms with Crippen LogP contribution in [-0.4, -0.2) is 58.6 Å². The number of benzene rings is 1. The van der Waals surface area contributed by atoms with Gasteiger partial charge in [0.25, 0.3) is 0 Å². The van der Waals surface area contributed by atoms with E-state index in [1.807, 2.05) is 31.2 Å². The van der Waals surface area contributed by atoms with Crippen molar-refractivity contribution in [2.75, 3.05) is 26.3 Å². The third-order valence-corrected chi connectivity index (χ3v) is 3.91. The second-order valence-electron chi connectivity index (χ2n) is 5.77. The van der Waals surface area contributed by atoms with Gasteiger partial charge in [-0.3, -0.25) is 4.98 Å². The quantitative estimate of drug-likeness (QED) is 0.870. The summed E-state index contributed by atoms with van der Waals surface area (Å²) >= 11 is 0. The summed E-state index contributed by atoms with van der Waals surface area (Å²) in [5, 5.41) is 19.0. The highest BCUT2D eigenvalue weighted by Gasteiger charge is 2.26. The third-order valence-electron chi connectivity index (χ3n) is 3.91. The standard InChI is InChI=1S/C17H20N2O5/c1-11-3-4-13-14(18-11)5-6-15-16(13)24-12(10-23-15)9-19(17(21)22)7-2-8-20/h3-6,12,20H,2,7-10H2,1H3,(H,21,22)/t12-/m0/s1. The van der Waals surface area contributed by atoms with E-state index >= 15 is 0 Å². The van der Waals surface area contributed by atoms with Gasteiger partial charge in [-0.1, -0.05) is 0 Å². The highest BCUT2D eigenvalue weighted by molar-refractivity contribution is 5.88. The zero-order chi connectivity index (χ0) is 17.1. The number of nitrogens with zero attached hydrogens (tertiary/aromatic N) is 2. The third kappa shape index (κ3) is 3.35. The van der Waals surface area contributed by atoms with Gasteiger partial charge in [0.2, 0.25) is 0 Å². The van der Waals surface area contributed by atoms with Gasteiger partial charge in [0.15, 0.2) is 17.6 Å². The van der Waals surface area contributed by atoms with E-state index in [-0.39, 0.29) is 26.3 Å². The summed E-state index contributed by atoms with van der Waals surface area (Å²) in [5.74, 6) is 1.24. The van der Waals surface area contributed by atoms with Crippen molar-refractivity contribution in [3.05, 3.63) is 30.0 Å². The van der Waals surface area contributed by atoms with E-state index in [1.165, 1.54) is 4.90 Å². The maximum Gasteiger partial charge on any atom is 0.407 e. The van der Waals surface area contributed by atoms with E-state index in [4.69, 9.17) is 14.6 Å². The molecule has 2 aromatic rings. The molecule has 0 saturated carbocycles. The molecule has 1 amide bonds. The number of aliphatic hydroxyl groups is 1. The minimum absolute atomic E-state index is 0.0513. The first-order valence-corrected chi connectivity index (χ1v) is 7.87. The highest BCUT2D eigenvalue weighted by atomic mass is 16.6. The molecule has 0 spiro atoms. The normalized spacial score (nSPS) is 16.2. The predicted molar refractivity (Wildman–Crippen MR) is 87.7 cm³/mol. The highest BCUT2D eigenvalue weighted by Crippen LogP contribution is 2.38. The molecule has 0 fully saturated rings. The zero-order valence-corrected chi connectivity index (χ0v) is 13.4. The number of fused-ring (bicyclic) bond motifs is 3. The monoisotopic (exact) mass is 332 g/mol. The Morgan fingerprint density at radius 2 is 2.21 bits per heavy atom. The van der Waals surface area contributed by atoms with Gasteiger partial charge < -0.3 is 24.6 Å². The van der Waals surface area contributed by atoms with Crippen molar-refractivity contribution in [3.8, 4) is 11.5 Å². The molecular formula is C17H20N2O5. The van der Waals surface area contributed by atoms with Gasteiger partial charge in [-0.15, -0.1) is 0 Å². The lowest BCUT2D eigenvalue weighted by Crippen LogP contribution is -2.43. The number of carbonyl (C=O) groups is 1. The summed E-state index contributed by atoms with van der Waals surface area (Å²) in [7, 11) is 0. The number of ether oxygens (including phenoxy) is 2. The van der Waals surface area contributed by atoms with E-state index in [0.717, 1.165) is 16.6 Å². The Hall–Kier alpha value is -2.54. The molecule has 7 heteroatoms. The molecule has 1 aliphatic rings. The minimum Gasteiger partial charge on any atom is -0.486 e. The van der Waals surface area contributed by atoms with Crippen molar-refractivity contribution < 1.29 is 24.5 Å². The Morgan fingerprint density at radius 3 is 2.96 bits per heavy atom. The van der Waals surface area contributed by atoms with Crippen molar-refractivity contribution in [2.45, 2.75) is 19.4 Å². The van der Waals surface area contributed by atoms with Crippen LogP contribution < -0.4 is 9.47 Å². The number of pyridine rings is 1. The molecule has 7 nitrogen and oxygen atoms in total. The molecule has 0 saturated heterocycles. The molecule has 0 bridgehead atoms. The average Bonchev–Trinajstić information content (AvgIpc) is 2.57. The van der Waals surface area contributed by atoms with Gasteiger partial charge in [-0.05, 0) is 37.6 Å². The number of aromatic nitrogens is 1. The number of aliphatic hydroxyl groups excluding tert-OH is 1. The number of amides is 1.